The maximum Gasteiger partial charge on any atom is 0.127 e. The number of nitrogens with one attached hydrogen (secondary N) is 2. The molecule has 2 atom stereocenters. The van der Waals surface area contributed by atoms with E-state index in [4.69, 9.17) is 11.6 Å². The molecule has 2 heterocycles. The smallest absolute Gasteiger partial charge is 0.127 e. The van der Waals surface area contributed by atoms with E-state index in [0.717, 1.165) is 11.3 Å². The summed E-state index contributed by atoms with van der Waals surface area (Å²) in [6, 6.07) is 9.21. The van der Waals surface area contributed by atoms with Crippen LogP contribution in [0.25, 0.3) is 0 Å². The fourth-order valence-electron chi connectivity index (χ4n) is 3.24. The van der Waals surface area contributed by atoms with Crippen molar-refractivity contribution in [1.29, 1.82) is 0 Å². The Kier molecular flexibility index (Phi) is 3.44. The highest BCUT2D eigenvalue weighted by atomic mass is 35.5. The number of hydrogen-bond acceptors (Lipinski definition) is 3. The molecule has 6 heteroatoms. The Balaban J connectivity index is 1.60. The van der Waals surface area contributed by atoms with Crippen LogP contribution < -0.4 is 10.6 Å². The van der Waals surface area contributed by atoms with Crippen LogP contribution in [0, 0.1) is 11.6 Å². The quantitative estimate of drug-likeness (QED) is 0.884. The first-order valence-corrected chi connectivity index (χ1v) is 7.74. The number of fused-ring (bicyclic) bond motifs is 2. The standard InChI is InChI=1S/C17H14ClF2N3/c18-13-2-1-3-14(20)11(13)7-16-22-9-17(23-16)8-21-15-5-4-10(19)6-12(15)17/h1-6,8,16,22-23H,7,9H2/t16-,17?/m1/s1. The Bertz CT molecular complexity index is 788. The van der Waals surface area contributed by atoms with Crippen LogP contribution in [0.3, 0.4) is 0 Å². The van der Waals surface area contributed by atoms with E-state index in [1.54, 1.807) is 24.4 Å². The minimum atomic E-state index is -0.556. The van der Waals surface area contributed by atoms with Crippen LogP contribution >= 0.6 is 11.6 Å². The first-order chi connectivity index (χ1) is 11.1. The zero-order valence-electron chi connectivity index (χ0n) is 12.1. The van der Waals surface area contributed by atoms with Crippen molar-refractivity contribution in [2.75, 3.05) is 6.54 Å². The number of benzene rings is 2. The second-order valence-electron chi connectivity index (χ2n) is 5.87. The predicted octanol–water partition coefficient (Wildman–Crippen LogP) is 3.29. The molecular formula is C17H14ClF2N3. The third-order valence-corrected chi connectivity index (χ3v) is 4.75. The van der Waals surface area contributed by atoms with Gasteiger partial charge in [0.05, 0.1) is 17.4 Å². The third kappa shape index (κ3) is 2.45. The van der Waals surface area contributed by atoms with Crippen molar-refractivity contribution in [2.24, 2.45) is 4.99 Å². The lowest BCUT2D eigenvalue weighted by Crippen LogP contribution is -2.43. The molecule has 2 aliphatic rings. The number of nitrogens with zero attached hydrogens (tertiary/aromatic N) is 1. The molecule has 0 aromatic heterocycles. The summed E-state index contributed by atoms with van der Waals surface area (Å²) in [5, 5.41) is 7.11. The highest BCUT2D eigenvalue weighted by Gasteiger charge is 2.43. The van der Waals surface area contributed by atoms with Gasteiger partial charge >= 0.3 is 0 Å². The van der Waals surface area contributed by atoms with Gasteiger partial charge < -0.3 is 0 Å². The topological polar surface area (TPSA) is 36.4 Å². The highest BCUT2D eigenvalue weighted by molar-refractivity contribution is 6.31. The SMILES string of the molecule is Fc1ccc2c(c1)C1(C=N2)CN[C@@H](Cc2c(F)cccc2Cl)N1. The first-order valence-electron chi connectivity index (χ1n) is 7.37. The van der Waals surface area contributed by atoms with Crippen molar-refractivity contribution in [3.05, 3.63) is 64.2 Å². The lowest BCUT2D eigenvalue weighted by atomic mass is 9.93. The van der Waals surface area contributed by atoms with Gasteiger partial charge in [0.25, 0.3) is 0 Å². The van der Waals surface area contributed by atoms with Crippen LogP contribution in [0.5, 0.6) is 0 Å². The van der Waals surface area contributed by atoms with Gasteiger partial charge in [-0.15, -0.1) is 0 Å². The minimum Gasteiger partial charge on any atom is -0.299 e. The molecule has 118 valence electrons. The molecule has 23 heavy (non-hydrogen) atoms. The molecule has 1 saturated heterocycles. The molecule has 0 amide bonds. The Morgan fingerprint density at radius 2 is 2.13 bits per heavy atom. The van der Waals surface area contributed by atoms with Crippen molar-refractivity contribution in [1.82, 2.24) is 10.6 Å². The summed E-state index contributed by atoms with van der Waals surface area (Å²) in [5.41, 5.74) is 1.46. The number of rotatable bonds is 2. The van der Waals surface area contributed by atoms with Gasteiger partial charge in [0.2, 0.25) is 0 Å². The summed E-state index contributed by atoms with van der Waals surface area (Å²) < 4.78 is 27.5. The summed E-state index contributed by atoms with van der Waals surface area (Å²) in [7, 11) is 0. The van der Waals surface area contributed by atoms with E-state index in [1.807, 2.05) is 0 Å². The zero-order chi connectivity index (χ0) is 16.0. The van der Waals surface area contributed by atoms with Gasteiger partial charge in [0, 0.05) is 35.3 Å². The van der Waals surface area contributed by atoms with Gasteiger partial charge in [0.15, 0.2) is 0 Å². The Labute approximate surface area is 137 Å². The molecule has 1 fully saturated rings. The fraction of sp³-hybridized carbons (Fsp3) is 0.235. The van der Waals surface area contributed by atoms with Crippen LogP contribution in [0.15, 0.2) is 41.4 Å². The van der Waals surface area contributed by atoms with E-state index in [1.165, 1.54) is 18.2 Å². The van der Waals surface area contributed by atoms with E-state index in [9.17, 15) is 8.78 Å². The molecule has 2 aliphatic heterocycles. The van der Waals surface area contributed by atoms with E-state index < -0.39 is 5.54 Å². The van der Waals surface area contributed by atoms with Gasteiger partial charge in [-0.25, -0.2) is 8.78 Å². The maximum atomic E-state index is 13.9. The first kappa shape index (κ1) is 14.8. The average Bonchev–Trinajstić information content (AvgIpc) is 3.09. The van der Waals surface area contributed by atoms with Crippen molar-refractivity contribution >= 4 is 23.5 Å². The molecule has 0 radical (unpaired) electrons. The molecule has 0 saturated carbocycles. The molecule has 1 unspecified atom stereocenters. The molecule has 0 aliphatic carbocycles. The molecule has 1 spiro atoms. The third-order valence-electron chi connectivity index (χ3n) is 4.39. The van der Waals surface area contributed by atoms with Gasteiger partial charge in [-0.1, -0.05) is 17.7 Å². The summed E-state index contributed by atoms with van der Waals surface area (Å²) in [5.74, 6) is -0.621. The highest BCUT2D eigenvalue weighted by Crippen LogP contribution is 2.37. The van der Waals surface area contributed by atoms with E-state index in [0.29, 0.717) is 23.6 Å². The Morgan fingerprint density at radius 1 is 1.26 bits per heavy atom. The second kappa shape index (κ2) is 5.37. The summed E-state index contributed by atoms with van der Waals surface area (Å²) >= 11 is 6.09. The van der Waals surface area contributed by atoms with Crippen LogP contribution in [0.4, 0.5) is 14.5 Å². The predicted molar refractivity (Wildman–Crippen MR) is 86.3 cm³/mol. The minimum absolute atomic E-state index is 0.176. The number of aliphatic imine (C=N–C) groups is 1. The van der Waals surface area contributed by atoms with E-state index in [-0.39, 0.29) is 17.8 Å². The Hall–Kier alpha value is -1.82. The van der Waals surface area contributed by atoms with E-state index in [2.05, 4.69) is 15.6 Å². The van der Waals surface area contributed by atoms with Gasteiger partial charge in [0.1, 0.15) is 11.6 Å². The summed E-state index contributed by atoms with van der Waals surface area (Å²) in [4.78, 5) is 4.36. The molecular weight excluding hydrogens is 320 g/mol. The van der Waals surface area contributed by atoms with Crippen molar-refractivity contribution < 1.29 is 8.78 Å². The molecule has 2 aromatic carbocycles. The Morgan fingerprint density at radius 3 is 2.96 bits per heavy atom. The van der Waals surface area contributed by atoms with Crippen LogP contribution in [0.2, 0.25) is 5.02 Å². The van der Waals surface area contributed by atoms with Gasteiger partial charge in [-0.05, 0) is 30.3 Å². The molecule has 2 N–H and O–H groups in total. The lowest BCUT2D eigenvalue weighted by molar-refractivity contribution is 0.482. The summed E-state index contributed by atoms with van der Waals surface area (Å²) in [6.45, 7) is 0.559. The molecule has 2 aromatic rings. The molecule has 0 bridgehead atoms. The largest absolute Gasteiger partial charge is 0.299 e. The van der Waals surface area contributed by atoms with E-state index >= 15 is 0 Å². The van der Waals surface area contributed by atoms with Crippen LogP contribution in [-0.2, 0) is 12.0 Å². The average molecular weight is 334 g/mol. The fourth-order valence-corrected chi connectivity index (χ4v) is 3.48. The molecule has 3 nitrogen and oxygen atoms in total. The van der Waals surface area contributed by atoms with Crippen molar-refractivity contribution in [2.45, 2.75) is 18.1 Å². The number of halogens is 3. The van der Waals surface area contributed by atoms with Gasteiger partial charge in [-0.2, -0.15) is 0 Å². The zero-order valence-corrected chi connectivity index (χ0v) is 12.9. The van der Waals surface area contributed by atoms with Gasteiger partial charge in [-0.3, -0.25) is 15.6 Å². The van der Waals surface area contributed by atoms with Crippen molar-refractivity contribution in [3.8, 4) is 0 Å². The van der Waals surface area contributed by atoms with Crippen LogP contribution in [-0.4, -0.2) is 18.9 Å². The van der Waals surface area contributed by atoms with Crippen molar-refractivity contribution in [3.63, 3.8) is 0 Å². The lowest BCUT2D eigenvalue weighted by Gasteiger charge is -2.23. The normalized spacial score (nSPS) is 25.3. The number of hydrogen-bond donors (Lipinski definition) is 2. The monoisotopic (exact) mass is 333 g/mol. The molecule has 4 rings (SSSR count). The van der Waals surface area contributed by atoms with Crippen LogP contribution in [0.1, 0.15) is 11.1 Å². The summed E-state index contributed by atoms with van der Waals surface area (Å²) in [6.07, 6.45) is 2.00. The maximum absolute atomic E-state index is 13.9. The second-order valence-corrected chi connectivity index (χ2v) is 6.28.